The van der Waals surface area contributed by atoms with Crippen molar-refractivity contribution >= 4 is 39.8 Å². The fourth-order valence-electron chi connectivity index (χ4n) is 3.95. The number of carbonyl (C=O) groups is 2. The monoisotopic (exact) mass is 454 g/mol. The van der Waals surface area contributed by atoms with Crippen LogP contribution < -0.4 is 21.1 Å². The summed E-state index contributed by atoms with van der Waals surface area (Å²) < 4.78 is 10.8. The van der Waals surface area contributed by atoms with Crippen molar-refractivity contribution in [3.8, 4) is 5.75 Å². The van der Waals surface area contributed by atoms with E-state index < -0.39 is 5.91 Å². The van der Waals surface area contributed by atoms with E-state index in [1.807, 2.05) is 42.5 Å². The molecule has 2 heterocycles. The minimum absolute atomic E-state index is 0.314. The molecule has 4 N–H and O–H groups in total. The summed E-state index contributed by atoms with van der Waals surface area (Å²) in [5.74, 6) is -0.250. The van der Waals surface area contributed by atoms with Gasteiger partial charge in [0, 0.05) is 34.6 Å². The van der Waals surface area contributed by atoms with E-state index in [1.165, 1.54) is 6.20 Å². The molecule has 0 saturated heterocycles. The highest BCUT2D eigenvalue weighted by Crippen LogP contribution is 2.32. The summed E-state index contributed by atoms with van der Waals surface area (Å²) in [6.45, 7) is 1.10. The predicted molar refractivity (Wildman–Crippen MR) is 129 cm³/mol. The fraction of sp³-hybridized carbons (Fsp3) is 0.115. The summed E-state index contributed by atoms with van der Waals surface area (Å²) in [5.41, 5.74) is 10.8. The van der Waals surface area contributed by atoms with Crippen LogP contribution in [0.15, 0.2) is 66.9 Å². The Labute approximate surface area is 195 Å². The Morgan fingerprint density at radius 3 is 2.68 bits per heavy atom. The molecule has 0 saturated carbocycles. The summed E-state index contributed by atoms with van der Waals surface area (Å²) in [6, 6.07) is 18.0. The van der Waals surface area contributed by atoms with Gasteiger partial charge >= 0.3 is 0 Å². The maximum atomic E-state index is 13.4. The van der Waals surface area contributed by atoms with Crippen LogP contribution in [0.2, 0.25) is 0 Å². The number of methoxy groups -OCH3 is 1. The van der Waals surface area contributed by atoms with Crippen molar-refractivity contribution < 1.29 is 19.1 Å². The molecular weight excluding hydrogens is 432 g/mol. The van der Waals surface area contributed by atoms with Crippen LogP contribution >= 0.6 is 0 Å². The van der Waals surface area contributed by atoms with Gasteiger partial charge in [-0.2, -0.15) is 0 Å². The number of hydrogen-bond donors (Lipinski definition) is 3. The van der Waals surface area contributed by atoms with E-state index in [2.05, 4.69) is 15.6 Å². The van der Waals surface area contributed by atoms with Gasteiger partial charge in [-0.15, -0.1) is 0 Å². The van der Waals surface area contributed by atoms with Gasteiger partial charge in [0.25, 0.3) is 5.91 Å². The van der Waals surface area contributed by atoms with Crippen LogP contribution in [0.4, 0.5) is 17.1 Å². The number of nitrogens with zero attached hydrogens (tertiary/aromatic N) is 1. The number of benzene rings is 3. The first-order chi connectivity index (χ1) is 16.5. The van der Waals surface area contributed by atoms with Crippen molar-refractivity contribution in [2.75, 3.05) is 17.7 Å². The van der Waals surface area contributed by atoms with Gasteiger partial charge in [0.2, 0.25) is 5.91 Å². The van der Waals surface area contributed by atoms with Gasteiger partial charge in [-0.25, -0.2) is 0 Å². The Kier molecular flexibility index (Phi) is 5.57. The number of primary amides is 1. The number of rotatable bonds is 6. The summed E-state index contributed by atoms with van der Waals surface area (Å²) in [4.78, 5) is 29.6. The average molecular weight is 454 g/mol. The van der Waals surface area contributed by atoms with Crippen molar-refractivity contribution in [3.05, 3.63) is 89.1 Å². The quantitative estimate of drug-likeness (QED) is 0.399. The number of aromatic nitrogens is 1. The van der Waals surface area contributed by atoms with Crippen molar-refractivity contribution in [2.45, 2.75) is 13.2 Å². The maximum absolute atomic E-state index is 13.4. The van der Waals surface area contributed by atoms with E-state index in [0.29, 0.717) is 58.1 Å². The lowest BCUT2D eigenvalue weighted by atomic mass is 10.0. The number of anilines is 3. The van der Waals surface area contributed by atoms with Gasteiger partial charge in [0.05, 0.1) is 37.1 Å². The normalized spacial score (nSPS) is 12.3. The van der Waals surface area contributed by atoms with E-state index in [0.717, 1.165) is 11.1 Å². The summed E-state index contributed by atoms with van der Waals surface area (Å²) >= 11 is 0. The summed E-state index contributed by atoms with van der Waals surface area (Å²) in [7, 11) is 1.58. The molecule has 170 valence electrons. The number of nitrogens with two attached hydrogens (primary N) is 1. The lowest BCUT2D eigenvalue weighted by molar-refractivity contribution is 0.0998. The topological polar surface area (TPSA) is 116 Å². The molecule has 0 radical (unpaired) electrons. The van der Waals surface area contributed by atoms with Gasteiger partial charge in [-0.3, -0.25) is 14.6 Å². The number of pyridine rings is 1. The number of nitrogens with one attached hydrogen (secondary N) is 2. The van der Waals surface area contributed by atoms with Crippen LogP contribution in [0.3, 0.4) is 0 Å². The number of hydrogen-bond acceptors (Lipinski definition) is 6. The van der Waals surface area contributed by atoms with Crippen LogP contribution in [-0.4, -0.2) is 23.9 Å². The molecule has 0 atom stereocenters. The van der Waals surface area contributed by atoms with Gasteiger partial charge in [0.1, 0.15) is 5.75 Å². The van der Waals surface area contributed by atoms with Crippen LogP contribution in [0.25, 0.3) is 10.9 Å². The Morgan fingerprint density at radius 1 is 1.00 bits per heavy atom. The van der Waals surface area contributed by atoms with E-state index in [4.69, 9.17) is 15.2 Å². The maximum Gasteiger partial charge on any atom is 0.259 e. The Morgan fingerprint density at radius 2 is 1.85 bits per heavy atom. The van der Waals surface area contributed by atoms with Crippen molar-refractivity contribution in [2.24, 2.45) is 5.73 Å². The first-order valence-corrected chi connectivity index (χ1v) is 10.7. The van der Waals surface area contributed by atoms with E-state index in [-0.39, 0.29) is 5.91 Å². The highest BCUT2D eigenvalue weighted by Gasteiger charge is 2.19. The second-order valence-corrected chi connectivity index (χ2v) is 7.93. The molecule has 1 aliphatic heterocycles. The van der Waals surface area contributed by atoms with Crippen LogP contribution in [0.5, 0.6) is 5.75 Å². The second-order valence-electron chi connectivity index (χ2n) is 7.93. The third-order valence-corrected chi connectivity index (χ3v) is 5.72. The van der Waals surface area contributed by atoms with Crippen molar-refractivity contribution in [1.29, 1.82) is 0 Å². The summed E-state index contributed by atoms with van der Waals surface area (Å²) in [6.07, 6.45) is 1.51. The molecule has 34 heavy (non-hydrogen) atoms. The highest BCUT2D eigenvalue weighted by molar-refractivity contribution is 6.14. The standard InChI is InChI=1S/C26H22N4O4/c1-33-20-4-2-3-18(11-20)29-24-21-10-15(25(27)31)6-8-23(21)28-12-22(24)26(32)30-19-7-5-16-13-34-14-17(16)9-19/h2-12H,13-14H2,1H3,(H2,27,31)(H,28,29)(H,30,32). The minimum atomic E-state index is -0.565. The fourth-order valence-corrected chi connectivity index (χ4v) is 3.95. The predicted octanol–water partition coefficient (Wildman–Crippen LogP) is 4.37. The van der Waals surface area contributed by atoms with Gasteiger partial charge < -0.3 is 25.8 Å². The Balaban J connectivity index is 1.58. The molecule has 5 rings (SSSR count). The number of ether oxygens (including phenoxy) is 2. The number of amides is 2. The highest BCUT2D eigenvalue weighted by atomic mass is 16.5. The smallest absolute Gasteiger partial charge is 0.259 e. The number of fused-ring (bicyclic) bond motifs is 2. The molecule has 8 nitrogen and oxygen atoms in total. The van der Waals surface area contributed by atoms with Crippen molar-refractivity contribution in [1.82, 2.24) is 4.98 Å². The largest absolute Gasteiger partial charge is 0.497 e. The first kappa shape index (κ1) is 21.4. The Hall–Kier alpha value is -4.43. The molecule has 0 fully saturated rings. The minimum Gasteiger partial charge on any atom is -0.497 e. The average Bonchev–Trinajstić information content (AvgIpc) is 3.32. The second kappa shape index (κ2) is 8.84. The zero-order chi connectivity index (χ0) is 23.7. The zero-order valence-corrected chi connectivity index (χ0v) is 18.4. The van der Waals surface area contributed by atoms with Crippen LogP contribution in [0.1, 0.15) is 31.8 Å². The van der Waals surface area contributed by atoms with E-state index >= 15 is 0 Å². The van der Waals surface area contributed by atoms with Crippen LogP contribution in [0, 0.1) is 0 Å². The van der Waals surface area contributed by atoms with Gasteiger partial charge in [-0.1, -0.05) is 12.1 Å². The molecule has 1 aromatic heterocycles. The molecule has 3 aromatic carbocycles. The van der Waals surface area contributed by atoms with Crippen molar-refractivity contribution in [3.63, 3.8) is 0 Å². The van der Waals surface area contributed by atoms with Gasteiger partial charge in [-0.05, 0) is 53.6 Å². The molecule has 0 unspecified atom stereocenters. The third-order valence-electron chi connectivity index (χ3n) is 5.72. The van der Waals surface area contributed by atoms with E-state index in [9.17, 15) is 9.59 Å². The molecule has 1 aliphatic rings. The lowest BCUT2D eigenvalue weighted by Gasteiger charge is -2.16. The molecule has 2 amide bonds. The zero-order valence-electron chi connectivity index (χ0n) is 18.4. The first-order valence-electron chi connectivity index (χ1n) is 10.7. The molecule has 0 bridgehead atoms. The molecule has 8 heteroatoms. The van der Waals surface area contributed by atoms with Crippen LogP contribution in [-0.2, 0) is 18.0 Å². The summed E-state index contributed by atoms with van der Waals surface area (Å²) in [5, 5.41) is 6.85. The molecule has 0 aliphatic carbocycles. The SMILES string of the molecule is COc1cccc(Nc2c(C(=O)Nc3ccc4c(c3)COC4)cnc3ccc(C(N)=O)cc23)c1. The van der Waals surface area contributed by atoms with E-state index in [1.54, 1.807) is 25.3 Å². The van der Waals surface area contributed by atoms with Gasteiger partial charge in [0.15, 0.2) is 0 Å². The molecular formula is C26H22N4O4. The molecule has 0 spiro atoms. The lowest BCUT2D eigenvalue weighted by Crippen LogP contribution is -2.15. The third kappa shape index (κ3) is 4.14. The Bertz CT molecular complexity index is 1430. The molecule has 4 aromatic rings. The number of carbonyl (C=O) groups excluding carboxylic acids is 2.